The zero-order chi connectivity index (χ0) is 25.8. The maximum Gasteiger partial charge on any atom is 0.411 e. The van der Waals surface area contributed by atoms with Crippen LogP contribution in [-0.2, 0) is 19.1 Å². The summed E-state index contributed by atoms with van der Waals surface area (Å²) < 4.78 is 11.3. The SMILES string of the molecule is C/C=C\[C@@H]1C[C@H](C(=O)OC(C)(C)C)N(C(=O)OC(C)(C)C)[C@H]1[C@@H](NC(C)=O)[C@](C)(O)CCC. The molecule has 1 rings (SSSR count). The highest BCUT2D eigenvalue weighted by molar-refractivity contribution is 5.83. The fourth-order valence-electron chi connectivity index (χ4n) is 4.40. The second-order valence-corrected chi connectivity index (χ2v) is 11.1. The van der Waals surface area contributed by atoms with Crippen molar-refractivity contribution in [3.8, 4) is 0 Å². The predicted molar refractivity (Wildman–Crippen MR) is 128 cm³/mol. The molecule has 0 aromatic heterocycles. The normalized spacial score (nSPS) is 24.3. The Morgan fingerprint density at radius 1 is 1.09 bits per heavy atom. The second kappa shape index (κ2) is 10.9. The van der Waals surface area contributed by atoms with E-state index in [0.29, 0.717) is 19.3 Å². The van der Waals surface area contributed by atoms with Gasteiger partial charge in [-0.15, -0.1) is 0 Å². The molecule has 0 spiro atoms. The van der Waals surface area contributed by atoms with Gasteiger partial charge in [-0.25, -0.2) is 9.59 Å². The van der Waals surface area contributed by atoms with Gasteiger partial charge in [-0.05, 0) is 68.2 Å². The monoisotopic (exact) mass is 468 g/mol. The van der Waals surface area contributed by atoms with Crippen LogP contribution >= 0.6 is 0 Å². The Hall–Kier alpha value is -2.09. The zero-order valence-corrected chi connectivity index (χ0v) is 22.0. The van der Waals surface area contributed by atoms with Crippen molar-refractivity contribution in [2.45, 2.75) is 123 Å². The van der Waals surface area contributed by atoms with Gasteiger partial charge in [-0.1, -0.05) is 25.5 Å². The number of nitrogens with zero attached hydrogens (tertiary/aromatic N) is 1. The molecule has 1 heterocycles. The number of rotatable bonds is 7. The van der Waals surface area contributed by atoms with Crippen molar-refractivity contribution < 1.29 is 29.0 Å². The standard InChI is InChI=1S/C25H44N2O6/c1-11-13-17-15-18(21(29)32-23(4,5)6)27(22(30)33-24(7,8)9)19(17)20(26-16(3)28)25(10,31)14-12-2/h11,13,17-20,31H,12,14-15H2,1-10H3,(H,26,28)/b13-11-/t17-,18-,19-,20-,25-/m1/s1. The van der Waals surface area contributed by atoms with E-state index in [1.807, 2.05) is 26.0 Å². The molecule has 33 heavy (non-hydrogen) atoms. The molecule has 1 fully saturated rings. The van der Waals surface area contributed by atoms with Crippen molar-refractivity contribution in [3.63, 3.8) is 0 Å². The average Bonchev–Trinajstić information content (AvgIpc) is 2.96. The van der Waals surface area contributed by atoms with Crippen molar-refractivity contribution in [2.75, 3.05) is 0 Å². The number of likely N-dealkylation sites (tertiary alicyclic amines) is 1. The maximum atomic E-state index is 13.5. The number of carbonyl (C=O) groups excluding carboxylic acids is 3. The number of aliphatic hydroxyl groups is 1. The Morgan fingerprint density at radius 3 is 2.06 bits per heavy atom. The van der Waals surface area contributed by atoms with Crippen LogP contribution in [0.3, 0.4) is 0 Å². The Morgan fingerprint density at radius 2 is 1.64 bits per heavy atom. The molecular weight excluding hydrogens is 424 g/mol. The van der Waals surface area contributed by atoms with E-state index in [0.717, 1.165) is 0 Å². The average molecular weight is 469 g/mol. The van der Waals surface area contributed by atoms with Crippen LogP contribution in [0.2, 0.25) is 0 Å². The van der Waals surface area contributed by atoms with E-state index in [1.54, 1.807) is 48.5 Å². The number of nitrogens with one attached hydrogen (secondary N) is 1. The lowest BCUT2D eigenvalue weighted by atomic mass is 9.81. The summed E-state index contributed by atoms with van der Waals surface area (Å²) in [5, 5.41) is 14.2. The molecule has 2 amide bonds. The number of hydrogen-bond donors (Lipinski definition) is 2. The third kappa shape index (κ3) is 8.32. The first-order valence-corrected chi connectivity index (χ1v) is 11.8. The molecule has 0 unspecified atom stereocenters. The fourth-order valence-corrected chi connectivity index (χ4v) is 4.40. The molecule has 0 bridgehead atoms. The Kier molecular flexibility index (Phi) is 9.55. The van der Waals surface area contributed by atoms with Gasteiger partial charge in [-0.2, -0.15) is 0 Å². The van der Waals surface area contributed by atoms with E-state index in [1.165, 1.54) is 11.8 Å². The van der Waals surface area contributed by atoms with Gasteiger partial charge in [0, 0.05) is 12.8 Å². The molecule has 0 saturated carbocycles. The first-order valence-electron chi connectivity index (χ1n) is 11.8. The molecule has 0 radical (unpaired) electrons. The third-order valence-corrected chi connectivity index (χ3v) is 5.44. The van der Waals surface area contributed by atoms with Crippen LogP contribution in [0.1, 0.15) is 88.5 Å². The van der Waals surface area contributed by atoms with Crippen LogP contribution in [-0.4, -0.2) is 62.9 Å². The molecule has 190 valence electrons. The van der Waals surface area contributed by atoms with Crippen molar-refractivity contribution in [2.24, 2.45) is 5.92 Å². The van der Waals surface area contributed by atoms with Gasteiger partial charge < -0.3 is 19.9 Å². The summed E-state index contributed by atoms with van der Waals surface area (Å²) in [6.07, 6.45) is 4.44. The van der Waals surface area contributed by atoms with Crippen molar-refractivity contribution in [1.29, 1.82) is 0 Å². The minimum atomic E-state index is -1.33. The summed E-state index contributed by atoms with van der Waals surface area (Å²) in [5.41, 5.74) is -2.86. The van der Waals surface area contributed by atoms with Crippen LogP contribution in [0.15, 0.2) is 12.2 Å². The lowest BCUT2D eigenvalue weighted by Gasteiger charge is -2.43. The summed E-state index contributed by atoms with van der Waals surface area (Å²) in [6, 6.07) is -2.45. The maximum absolute atomic E-state index is 13.5. The topological polar surface area (TPSA) is 105 Å². The first kappa shape index (κ1) is 28.9. The Bertz CT molecular complexity index is 732. The number of carbonyl (C=O) groups is 3. The van der Waals surface area contributed by atoms with Gasteiger partial charge in [0.15, 0.2) is 0 Å². The Labute approximate surface area is 199 Å². The van der Waals surface area contributed by atoms with Crippen molar-refractivity contribution in [1.82, 2.24) is 10.2 Å². The highest BCUT2D eigenvalue weighted by atomic mass is 16.6. The van der Waals surface area contributed by atoms with Crippen molar-refractivity contribution in [3.05, 3.63) is 12.2 Å². The largest absolute Gasteiger partial charge is 0.458 e. The fraction of sp³-hybridized carbons (Fsp3) is 0.800. The number of amides is 2. The van der Waals surface area contributed by atoms with Gasteiger partial charge >= 0.3 is 12.1 Å². The molecule has 1 saturated heterocycles. The number of ether oxygens (including phenoxy) is 2. The van der Waals surface area contributed by atoms with Gasteiger partial charge in [-0.3, -0.25) is 9.69 Å². The van der Waals surface area contributed by atoms with Gasteiger partial charge in [0.25, 0.3) is 0 Å². The molecule has 1 aliphatic rings. The van der Waals surface area contributed by atoms with Crippen LogP contribution < -0.4 is 5.32 Å². The van der Waals surface area contributed by atoms with Crippen LogP contribution in [0.5, 0.6) is 0 Å². The lowest BCUT2D eigenvalue weighted by Crippen LogP contribution is -2.64. The summed E-state index contributed by atoms with van der Waals surface area (Å²) in [5.74, 6) is -1.18. The quantitative estimate of drug-likeness (QED) is 0.433. The summed E-state index contributed by atoms with van der Waals surface area (Å²) >= 11 is 0. The predicted octanol–water partition coefficient (Wildman–Crippen LogP) is 3.95. The molecule has 2 N–H and O–H groups in total. The minimum Gasteiger partial charge on any atom is -0.458 e. The third-order valence-electron chi connectivity index (χ3n) is 5.44. The molecular formula is C25H44N2O6. The lowest BCUT2D eigenvalue weighted by molar-refractivity contribution is -0.161. The Balaban J connectivity index is 3.65. The molecule has 0 aromatic rings. The van der Waals surface area contributed by atoms with Gasteiger partial charge in [0.05, 0.1) is 17.7 Å². The summed E-state index contributed by atoms with van der Waals surface area (Å²) in [7, 11) is 0. The van der Waals surface area contributed by atoms with Gasteiger partial charge in [0.1, 0.15) is 17.2 Å². The number of esters is 1. The van der Waals surface area contributed by atoms with E-state index in [9.17, 15) is 19.5 Å². The van der Waals surface area contributed by atoms with Crippen LogP contribution in [0.4, 0.5) is 4.79 Å². The highest BCUT2D eigenvalue weighted by Crippen LogP contribution is 2.39. The summed E-state index contributed by atoms with van der Waals surface area (Å²) in [6.45, 7) is 17.4. The minimum absolute atomic E-state index is 0.293. The van der Waals surface area contributed by atoms with Crippen LogP contribution in [0, 0.1) is 5.92 Å². The molecule has 0 aliphatic carbocycles. The van der Waals surface area contributed by atoms with E-state index < -0.39 is 47.0 Å². The van der Waals surface area contributed by atoms with E-state index in [4.69, 9.17) is 9.47 Å². The van der Waals surface area contributed by atoms with Crippen LogP contribution in [0.25, 0.3) is 0 Å². The molecule has 0 aromatic carbocycles. The van der Waals surface area contributed by atoms with E-state index >= 15 is 0 Å². The first-order chi connectivity index (χ1) is 14.9. The molecule has 8 nitrogen and oxygen atoms in total. The second-order valence-electron chi connectivity index (χ2n) is 11.1. The van der Waals surface area contributed by atoms with E-state index in [-0.39, 0.29) is 11.8 Å². The smallest absolute Gasteiger partial charge is 0.411 e. The highest BCUT2D eigenvalue weighted by Gasteiger charge is 2.55. The molecule has 5 atom stereocenters. The number of hydrogen-bond acceptors (Lipinski definition) is 6. The summed E-state index contributed by atoms with van der Waals surface area (Å²) in [4.78, 5) is 40.2. The van der Waals surface area contributed by atoms with E-state index in [2.05, 4.69) is 5.32 Å². The zero-order valence-electron chi connectivity index (χ0n) is 22.0. The molecule has 1 aliphatic heterocycles. The molecule has 8 heteroatoms. The van der Waals surface area contributed by atoms with Gasteiger partial charge in [0.2, 0.25) is 5.91 Å². The number of allylic oxidation sites excluding steroid dienone is 1. The van der Waals surface area contributed by atoms with Crippen molar-refractivity contribution >= 4 is 18.0 Å².